The topological polar surface area (TPSA) is 78.3 Å². The van der Waals surface area contributed by atoms with Crippen LogP contribution in [-0.4, -0.2) is 38.2 Å². The molecule has 4 aromatic rings. The van der Waals surface area contributed by atoms with Gasteiger partial charge in [-0.3, -0.25) is 4.98 Å². The molecule has 0 radical (unpaired) electrons. The first kappa shape index (κ1) is 20.0. The van der Waals surface area contributed by atoms with Crippen molar-refractivity contribution < 1.29 is 4.74 Å². The van der Waals surface area contributed by atoms with Crippen molar-refractivity contribution in [1.82, 2.24) is 19.6 Å². The number of thioether (sulfide) groups is 1. The lowest BCUT2D eigenvalue weighted by Crippen LogP contribution is -2.17. The minimum atomic E-state index is 0.403. The van der Waals surface area contributed by atoms with Crippen molar-refractivity contribution in [2.45, 2.75) is 25.4 Å². The average molecular weight is 432 g/mol. The summed E-state index contributed by atoms with van der Waals surface area (Å²) in [6.45, 7) is 0.441. The van der Waals surface area contributed by atoms with Gasteiger partial charge in [0.15, 0.2) is 5.65 Å². The number of anilines is 1. The fourth-order valence-corrected chi connectivity index (χ4v) is 5.31. The highest BCUT2D eigenvalue weighted by atomic mass is 32.2. The van der Waals surface area contributed by atoms with Crippen LogP contribution in [0.3, 0.4) is 0 Å². The molecule has 0 spiro atoms. The molecule has 0 aliphatic carbocycles. The molecule has 0 atom stereocenters. The van der Waals surface area contributed by atoms with Crippen molar-refractivity contribution >= 4 is 23.2 Å². The smallest absolute Gasteiger partial charge is 0.165 e. The quantitative estimate of drug-likeness (QED) is 0.489. The molecule has 4 heterocycles. The van der Waals surface area contributed by atoms with Crippen LogP contribution in [-0.2, 0) is 11.3 Å². The molecule has 3 aromatic heterocycles. The Bertz CT molecular complexity index is 1180. The summed E-state index contributed by atoms with van der Waals surface area (Å²) in [5.41, 5.74) is 13.3. The number of benzene rings is 1. The van der Waals surface area contributed by atoms with Crippen LogP contribution in [0.4, 0.5) is 5.82 Å². The first-order valence-corrected chi connectivity index (χ1v) is 11.7. The van der Waals surface area contributed by atoms with Crippen molar-refractivity contribution in [3.63, 3.8) is 0 Å². The molecule has 31 heavy (non-hydrogen) atoms. The number of nitrogens with zero attached hydrogens (tertiary/aromatic N) is 4. The molecule has 1 saturated heterocycles. The van der Waals surface area contributed by atoms with E-state index in [0.29, 0.717) is 18.3 Å². The summed E-state index contributed by atoms with van der Waals surface area (Å²) in [6, 6.07) is 14.3. The van der Waals surface area contributed by atoms with E-state index in [4.69, 9.17) is 15.5 Å². The highest BCUT2D eigenvalue weighted by Crippen LogP contribution is 2.36. The highest BCUT2D eigenvalue weighted by Gasteiger charge is 2.25. The summed E-state index contributed by atoms with van der Waals surface area (Å²) in [5, 5.41) is 4.55. The summed E-state index contributed by atoms with van der Waals surface area (Å²) in [5.74, 6) is 3.32. The SMILES string of the molecule is COCc1c(C2CCSCC2)nc2c(-c3ccc(-c4ccccc4)nc3)cnn2c1N. The van der Waals surface area contributed by atoms with Gasteiger partial charge in [0.1, 0.15) is 5.82 Å². The van der Waals surface area contributed by atoms with Crippen molar-refractivity contribution in [2.24, 2.45) is 0 Å². The lowest BCUT2D eigenvalue weighted by molar-refractivity contribution is 0.183. The van der Waals surface area contributed by atoms with E-state index in [9.17, 15) is 0 Å². The summed E-state index contributed by atoms with van der Waals surface area (Å²) in [6.07, 6.45) is 5.94. The molecule has 1 aromatic carbocycles. The van der Waals surface area contributed by atoms with E-state index in [1.165, 1.54) is 0 Å². The van der Waals surface area contributed by atoms with Crippen molar-refractivity contribution in [3.05, 3.63) is 66.1 Å². The van der Waals surface area contributed by atoms with Gasteiger partial charge in [0.05, 0.1) is 24.2 Å². The predicted molar refractivity (Wildman–Crippen MR) is 126 cm³/mol. The van der Waals surface area contributed by atoms with Crippen molar-refractivity contribution in [1.29, 1.82) is 0 Å². The maximum absolute atomic E-state index is 6.56. The molecule has 0 bridgehead atoms. The Morgan fingerprint density at radius 1 is 1.06 bits per heavy atom. The molecular weight excluding hydrogens is 406 g/mol. The standard InChI is InChI=1S/C24H25N5OS/c1-30-15-20-22(17-9-11-31-12-10-17)28-24-19(14-27-29(24)23(20)25)18-7-8-21(26-13-18)16-5-3-2-4-6-16/h2-8,13-14,17H,9-12,15,25H2,1H3. The van der Waals surface area contributed by atoms with Crippen LogP contribution in [0.5, 0.6) is 0 Å². The van der Waals surface area contributed by atoms with E-state index in [0.717, 1.165) is 63.6 Å². The van der Waals surface area contributed by atoms with Crippen LogP contribution < -0.4 is 5.73 Å². The summed E-state index contributed by atoms with van der Waals surface area (Å²) in [4.78, 5) is 9.77. The molecule has 1 aliphatic rings. The van der Waals surface area contributed by atoms with Gasteiger partial charge >= 0.3 is 0 Å². The number of nitrogens with two attached hydrogens (primary N) is 1. The van der Waals surface area contributed by atoms with Gasteiger partial charge in [-0.1, -0.05) is 36.4 Å². The third-order valence-electron chi connectivity index (χ3n) is 5.86. The number of hydrogen-bond acceptors (Lipinski definition) is 6. The Balaban J connectivity index is 1.59. The first-order valence-electron chi connectivity index (χ1n) is 10.5. The Kier molecular flexibility index (Phi) is 5.61. The van der Waals surface area contributed by atoms with Crippen molar-refractivity contribution in [2.75, 3.05) is 24.3 Å². The maximum Gasteiger partial charge on any atom is 0.165 e. The summed E-state index contributed by atoms with van der Waals surface area (Å²) < 4.78 is 7.19. The van der Waals surface area contributed by atoms with E-state index in [1.54, 1.807) is 11.6 Å². The number of pyridine rings is 1. The average Bonchev–Trinajstić information content (AvgIpc) is 3.26. The molecule has 7 heteroatoms. The zero-order valence-electron chi connectivity index (χ0n) is 17.5. The molecule has 158 valence electrons. The van der Waals surface area contributed by atoms with Crippen LogP contribution in [0.2, 0.25) is 0 Å². The van der Waals surface area contributed by atoms with Crippen LogP contribution in [0.15, 0.2) is 54.9 Å². The van der Waals surface area contributed by atoms with Crippen LogP contribution >= 0.6 is 11.8 Å². The Labute approximate surface area is 185 Å². The Hall–Kier alpha value is -2.90. The Morgan fingerprint density at radius 2 is 1.87 bits per heavy atom. The van der Waals surface area contributed by atoms with Crippen molar-refractivity contribution in [3.8, 4) is 22.4 Å². The molecule has 0 saturated carbocycles. The number of ether oxygens (including phenoxy) is 1. The van der Waals surface area contributed by atoms with Crippen LogP contribution in [0.25, 0.3) is 28.0 Å². The molecule has 0 amide bonds. The lowest BCUT2D eigenvalue weighted by atomic mass is 9.94. The highest BCUT2D eigenvalue weighted by molar-refractivity contribution is 7.99. The van der Waals surface area contributed by atoms with E-state index in [-0.39, 0.29) is 0 Å². The second-order valence-corrected chi connectivity index (χ2v) is 9.00. The fraction of sp³-hybridized carbons (Fsp3) is 0.292. The predicted octanol–water partition coefficient (Wildman–Crippen LogP) is 4.80. The largest absolute Gasteiger partial charge is 0.383 e. The number of aromatic nitrogens is 4. The van der Waals surface area contributed by atoms with Gasteiger partial charge in [0.2, 0.25) is 0 Å². The molecule has 1 aliphatic heterocycles. The van der Waals surface area contributed by atoms with Gasteiger partial charge in [-0.05, 0) is 30.4 Å². The van der Waals surface area contributed by atoms with Gasteiger partial charge in [-0.2, -0.15) is 21.4 Å². The number of hydrogen-bond donors (Lipinski definition) is 1. The van der Waals surface area contributed by atoms with E-state index in [2.05, 4.69) is 28.3 Å². The van der Waals surface area contributed by atoms with E-state index in [1.807, 2.05) is 48.4 Å². The second-order valence-electron chi connectivity index (χ2n) is 7.77. The van der Waals surface area contributed by atoms with E-state index >= 15 is 0 Å². The van der Waals surface area contributed by atoms with Gasteiger partial charge in [-0.25, -0.2) is 4.98 Å². The zero-order valence-corrected chi connectivity index (χ0v) is 18.3. The third kappa shape index (κ3) is 3.79. The first-order chi connectivity index (χ1) is 15.3. The summed E-state index contributed by atoms with van der Waals surface area (Å²) >= 11 is 2.01. The third-order valence-corrected chi connectivity index (χ3v) is 6.91. The number of methoxy groups -OCH3 is 1. The van der Waals surface area contributed by atoms with Gasteiger partial charge in [0, 0.05) is 41.5 Å². The number of rotatable bonds is 5. The minimum Gasteiger partial charge on any atom is -0.383 e. The molecule has 2 N–H and O–H groups in total. The van der Waals surface area contributed by atoms with Crippen LogP contribution in [0.1, 0.15) is 30.0 Å². The molecular formula is C24H25N5OS. The van der Waals surface area contributed by atoms with Crippen LogP contribution in [0, 0.1) is 0 Å². The Morgan fingerprint density at radius 3 is 2.58 bits per heavy atom. The second kappa shape index (κ2) is 8.69. The molecule has 6 nitrogen and oxygen atoms in total. The molecule has 5 rings (SSSR count). The van der Waals surface area contributed by atoms with Gasteiger partial charge in [-0.15, -0.1) is 0 Å². The maximum atomic E-state index is 6.56. The van der Waals surface area contributed by atoms with Gasteiger partial charge < -0.3 is 10.5 Å². The minimum absolute atomic E-state index is 0.403. The van der Waals surface area contributed by atoms with E-state index < -0.39 is 0 Å². The fourth-order valence-electron chi connectivity index (χ4n) is 4.20. The zero-order chi connectivity index (χ0) is 21.2. The summed E-state index contributed by atoms with van der Waals surface area (Å²) in [7, 11) is 1.69. The monoisotopic (exact) mass is 431 g/mol. The molecule has 1 fully saturated rings. The number of nitrogen functional groups attached to an aromatic ring is 1. The molecule has 0 unspecified atom stereocenters. The lowest BCUT2D eigenvalue weighted by Gasteiger charge is -2.24. The van der Waals surface area contributed by atoms with Gasteiger partial charge in [0.25, 0.3) is 0 Å². The number of fused-ring (bicyclic) bond motifs is 1. The normalized spacial score (nSPS) is 14.9.